The van der Waals surface area contributed by atoms with Gasteiger partial charge in [0.15, 0.2) is 0 Å². The van der Waals surface area contributed by atoms with E-state index in [2.05, 4.69) is 38.7 Å². The van der Waals surface area contributed by atoms with Crippen molar-refractivity contribution in [3.05, 3.63) is 11.8 Å². The summed E-state index contributed by atoms with van der Waals surface area (Å²) in [6.07, 6.45) is 6.84. The van der Waals surface area contributed by atoms with Gasteiger partial charge in [0.25, 0.3) is 0 Å². The summed E-state index contributed by atoms with van der Waals surface area (Å²) in [5, 5.41) is 0. The molecule has 0 aromatic heterocycles. The van der Waals surface area contributed by atoms with Crippen molar-refractivity contribution in [2.45, 2.75) is 53.4 Å². The predicted octanol–water partition coefficient (Wildman–Crippen LogP) is 2.60. The molecule has 0 aromatic carbocycles. The van der Waals surface area contributed by atoms with Crippen molar-refractivity contribution in [2.75, 3.05) is 32.7 Å². The number of nitrogens with two attached hydrogens (primary N) is 1. The van der Waals surface area contributed by atoms with Gasteiger partial charge in [0.05, 0.1) is 6.54 Å². The minimum absolute atomic E-state index is 0.0530. The summed E-state index contributed by atoms with van der Waals surface area (Å²) in [7, 11) is 0. The lowest BCUT2D eigenvalue weighted by Crippen LogP contribution is -2.45. The molecule has 0 aromatic rings. The molecule has 0 unspecified atom stereocenters. The molecule has 1 amide bonds. The summed E-state index contributed by atoms with van der Waals surface area (Å²) in [5.41, 5.74) is 7.09. The smallest absolute Gasteiger partial charge is 0.240 e. The molecule has 4 nitrogen and oxygen atoms in total. The maximum atomic E-state index is 12.6. The summed E-state index contributed by atoms with van der Waals surface area (Å²) in [6, 6.07) is 0. The molecule has 2 N–H and O–H groups in total. The monoisotopic (exact) mass is 295 g/mol. The highest BCUT2D eigenvalue weighted by Gasteiger charge is 2.24. The van der Waals surface area contributed by atoms with Crippen molar-refractivity contribution in [3.8, 4) is 0 Å². The normalized spacial score (nSPS) is 16.0. The summed E-state index contributed by atoms with van der Waals surface area (Å²) in [4.78, 5) is 16.8. The van der Waals surface area contributed by atoms with Crippen LogP contribution in [0, 0.1) is 5.41 Å². The van der Waals surface area contributed by atoms with Gasteiger partial charge in [-0.3, -0.25) is 9.69 Å². The molecule has 0 spiro atoms. The third-order valence-corrected chi connectivity index (χ3v) is 4.24. The third-order valence-electron chi connectivity index (χ3n) is 4.24. The average molecular weight is 295 g/mol. The first-order valence-electron chi connectivity index (χ1n) is 8.35. The molecule has 0 radical (unpaired) electrons. The summed E-state index contributed by atoms with van der Waals surface area (Å²) < 4.78 is 0. The van der Waals surface area contributed by atoms with Crippen LogP contribution in [0.5, 0.6) is 0 Å². The van der Waals surface area contributed by atoms with E-state index in [0.29, 0.717) is 13.1 Å². The van der Waals surface area contributed by atoms with Crippen LogP contribution in [0.3, 0.4) is 0 Å². The van der Waals surface area contributed by atoms with Gasteiger partial charge in [-0.2, -0.15) is 0 Å². The predicted molar refractivity (Wildman–Crippen MR) is 88.9 cm³/mol. The quantitative estimate of drug-likeness (QED) is 0.749. The van der Waals surface area contributed by atoms with E-state index in [0.717, 1.165) is 32.5 Å². The molecule has 1 aliphatic rings. The standard InChI is InChI=1S/C17H33N3O/c1-5-19(14-17(3,4)13-18)12-16(21)20(6-2)15-10-8-7-9-11-15/h10H,5-9,11-14,18H2,1-4H3. The summed E-state index contributed by atoms with van der Waals surface area (Å²) in [5.74, 6) is 0.223. The molecule has 0 saturated heterocycles. The number of carbonyl (C=O) groups excluding carboxylic acids is 1. The number of allylic oxidation sites excluding steroid dienone is 2. The van der Waals surface area contributed by atoms with Crippen LogP contribution in [0.4, 0.5) is 0 Å². The van der Waals surface area contributed by atoms with Crippen LogP contribution in [-0.2, 0) is 4.79 Å². The Morgan fingerprint density at radius 2 is 2.00 bits per heavy atom. The lowest BCUT2D eigenvalue weighted by Gasteiger charge is -2.33. The van der Waals surface area contributed by atoms with E-state index in [4.69, 9.17) is 5.73 Å². The van der Waals surface area contributed by atoms with Gasteiger partial charge in [0.2, 0.25) is 5.91 Å². The highest BCUT2D eigenvalue weighted by Crippen LogP contribution is 2.21. The molecule has 0 fully saturated rings. The van der Waals surface area contributed by atoms with Crippen molar-refractivity contribution in [3.63, 3.8) is 0 Å². The van der Waals surface area contributed by atoms with Crippen molar-refractivity contribution >= 4 is 5.91 Å². The van der Waals surface area contributed by atoms with Crippen LogP contribution in [0.15, 0.2) is 11.8 Å². The van der Waals surface area contributed by atoms with E-state index in [1.807, 2.05) is 4.90 Å². The number of likely N-dealkylation sites (N-methyl/N-ethyl adjacent to an activating group) is 2. The Morgan fingerprint density at radius 1 is 1.29 bits per heavy atom. The first-order valence-corrected chi connectivity index (χ1v) is 8.35. The molecule has 0 bridgehead atoms. The Bertz CT molecular complexity index is 363. The zero-order valence-corrected chi connectivity index (χ0v) is 14.3. The van der Waals surface area contributed by atoms with Gasteiger partial charge >= 0.3 is 0 Å². The Balaban J connectivity index is 2.65. The number of amides is 1. The van der Waals surface area contributed by atoms with E-state index in [9.17, 15) is 4.79 Å². The van der Waals surface area contributed by atoms with Crippen molar-refractivity contribution in [2.24, 2.45) is 11.1 Å². The SMILES string of the molecule is CCN(CC(=O)N(CC)C1=CCCCC1)CC(C)(C)CN. The van der Waals surface area contributed by atoms with Gasteiger partial charge in [0, 0.05) is 18.8 Å². The Hall–Kier alpha value is -0.870. The van der Waals surface area contributed by atoms with Crippen LogP contribution < -0.4 is 5.73 Å². The summed E-state index contributed by atoms with van der Waals surface area (Å²) >= 11 is 0. The molecule has 0 aliphatic heterocycles. The molecule has 1 aliphatic carbocycles. The molecule has 0 saturated carbocycles. The fourth-order valence-corrected chi connectivity index (χ4v) is 2.83. The Labute approximate surface area is 130 Å². The molecule has 0 atom stereocenters. The van der Waals surface area contributed by atoms with Gasteiger partial charge in [-0.05, 0) is 51.1 Å². The molecular weight excluding hydrogens is 262 g/mol. The van der Waals surface area contributed by atoms with Crippen LogP contribution in [0.25, 0.3) is 0 Å². The Kier molecular flexibility index (Phi) is 7.40. The second kappa shape index (κ2) is 8.54. The first kappa shape index (κ1) is 18.2. The molecule has 4 heteroatoms. The van der Waals surface area contributed by atoms with E-state index in [-0.39, 0.29) is 11.3 Å². The molecule has 122 valence electrons. The largest absolute Gasteiger partial charge is 0.330 e. The maximum absolute atomic E-state index is 12.6. The van der Waals surface area contributed by atoms with E-state index >= 15 is 0 Å². The van der Waals surface area contributed by atoms with Gasteiger partial charge in [0.1, 0.15) is 0 Å². The van der Waals surface area contributed by atoms with E-state index in [1.165, 1.54) is 18.5 Å². The second-order valence-corrected chi connectivity index (χ2v) is 6.75. The third kappa shape index (κ3) is 5.79. The summed E-state index contributed by atoms with van der Waals surface area (Å²) in [6.45, 7) is 12.1. The van der Waals surface area contributed by atoms with Crippen LogP contribution in [-0.4, -0.2) is 48.4 Å². The highest BCUT2D eigenvalue weighted by molar-refractivity contribution is 5.80. The first-order chi connectivity index (χ1) is 9.93. The molecular formula is C17H33N3O. The minimum Gasteiger partial charge on any atom is -0.330 e. The van der Waals surface area contributed by atoms with Crippen molar-refractivity contribution < 1.29 is 4.79 Å². The number of hydrogen-bond donors (Lipinski definition) is 1. The fraction of sp³-hybridized carbons (Fsp3) is 0.824. The van der Waals surface area contributed by atoms with Crippen LogP contribution in [0.1, 0.15) is 53.4 Å². The van der Waals surface area contributed by atoms with Crippen molar-refractivity contribution in [1.29, 1.82) is 0 Å². The number of nitrogens with zero attached hydrogens (tertiary/aromatic N) is 2. The van der Waals surface area contributed by atoms with Crippen molar-refractivity contribution in [1.82, 2.24) is 9.80 Å². The zero-order chi connectivity index (χ0) is 15.9. The van der Waals surface area contributed by atoms with Crippen LogP contribution in [0.2, 0.25) is 0 Å². The average Bonchev–Trinajstić information content (AvgIpc) is 2.48. The zero-order valence-electron chi connectivity index (χ0n) is 14.3. The van der Waals surface area contributed by atoms with Gasteiger partial charge in [-0.1, -0.05) is 26.8 Å². The number of hydrogen-bond acceptors (Lipinski definition) is 3. The van der Waals surface area contributed by atoms with Gasteiger partial charge in [-0.15, -0.1) is 0 Å². The second-order valence-electron chi connectivity index (χ2n) is 6.75. The lowest BCUT2D eigenvalue weighted by molar-refractivity contribution is -0.130. The topological polar surface area (TPSA) is 49.6 Å². The van der Waals surface area contributed by atoms with E-state index in [1.54, 1.807) is 0 Å². The molecule has 0 heterocycles. The number of rotatable bonds is 8. The minimum atomic E-state index is 0.0530. The lowest BCUT2D eigenvalue weighted by atomic mass is 9.93. The number of carbonyl (C=O) groups is 1. The molecule has 21 heavy (non-hydrogen) atoms. The maximum Gasteiger partial charge on any atom is 0.240 e. The van der Waals surface area contributed by atoms with Crippen LogP contribution >= 0.6 is 0 Å². The fourth-order valence-electron chi connectivity index (χ4n) is 2.83. The van der Waals surface area contributed by atoms with Gasteiger partial charge < -0.3 is 10.6 Å². The highest BCUT2D eigenvalue weighted by atomic mass is 16.2. The van der Waals surface area contributed by atoms with Gasteiger partial charge in [-0.25, -0.2) is 0 Å². The Morgan fingerprint density at radius 3 is 2.48 bits per heavy atom. The van der Waals surface area contributed by atoms with E-state index < -0.39 is 0 Å². The molecule has 1 rings (SSSR count).